The minimum atomic E-state index is -0.210. The lowest BCUT2D eigenvalue weighted by Crippen LogP contribution is -2.14. The van der Waals surface area contributed by atoms with Gasteiger partial charge in [0.25, 0.3) is 5.91 Å². The van der Waals surface area contributed by atoms with Crippen molar-refractivity contribution in [3.05, 3.63) is 56.7 Å². The summed E-state index contributed by atoms with van der Waals surface area (Å²) < 4.78 is 0.725. The number of carbonyl (C=O) groups is 1. The Morgan fingerprint density at radius 2 is 1.95 bits per heavy atom. The fraction of sp³-hybridized carbons (Fsp3) is 0.235. The molecule has 3 nitrogen and oxygen atoms in total. The van der Waals surface area contributed by atoms with Crippen LogP contribution in [0.2, 0.25) is 0 Å². The number of amides is 1. The van der Waals surface area contributed by atoms with E-state index in [0.29, 0.717) is 11.5 Å². The van der Waals surface area contributed by atoms with Crippen LogP contribution < -0.4 is 5.32 Å². The summed E-state index contributed by atoms with van der Waals surface area (Å²) in [5.41, 5.74) is 3.45. The summed E-state index contributed by atoms with van der Waals surface area (Å²) in [6.07, 6.45) is 0. The van der Waals surface area contributed by atoms with Crippen molar-refractivity contribution in [2.75, 3.05) is 5.32 Å². The number of nitrogens with one attached hydrogen (secondary N) is 1. The number of anilines is 1. The molecule has 0 saturated heterocycles. The number of halogens is 1. The molecule has 2 rings (SSSR count). The minimum Gasteiger partial charge on any atom is -0.507 e. The van der Waals surface area contributed by atoms with E-state index in [1.54, 1.807) is 12.1 Å². The van der Waals surface area contributed by atoms with Gasteiger partial charge < -0.3 is 10.4 Å². The fourth-order valence-corrected chi connectivity index (χ4v) is 2.52. The van der Waals surface area contributed by atoms with Gasteiger partial charge in [-0.3, -0.25) is 4.79 Å². The number of phenols is 1. The van der Waals surface area contributed by atoms with E-state index < -0.39 is 0 Å². The lowest BCUT2D eigenvalue weighted by molar-refractivity contribution is 0.102. The highest BCUT2D eigenvalue weighted by Gasteiger charge is 2.14. The smallest absolute Gasteiger partial charge is 0.255 e. The molecule has 0 fully saturated rings. The second kappa shape index (κ2) is 6.47. The number of hydrogen-bond acceptors (Lipinski definition) is 2. The second-order valence-corrected chi connectivity index (χ2v) is 6.48. The SMILES string of the molecule is Cc1cccc(C(C)C)c1NC(=O)c1ccc(I)c(O)c1. The van der Waals surface area contributed by atoms with Crippen molar-refractivity contribution in [2.45, 2.75) is 26.7 Å². The molecule has 4 heteroatoms. The van der Waals surface area contributed by atoms with Gasteiger partial charge in [0.05, 0.1) is 3.57 Å². The van der Waals surface area contributed by atoms with E-state index in [4.69, 9.17) is 0 Å². The third-order valence-corrected chi connectivity index (χ3v) is 4.29. The van der Waals surface area contributed by atoms with E-state index in [-0.39, 0.29) is 11.7 Å². The number of hydrogen-bond donors (Lipinski definition) is 2. The third-order valence-electron chi connectivity index (χ3n) is 3.37. The third kappa shape index (κ3) is 3.56. The maximum Gasteiger partial charge on any atom is 0.255 e. The molecule has 0 heterocycles. The standard InChI is InChI=1S/C17H18INO2/c1-10(2)13-6-4-5-11(3)16(13)19-17(21)12-7-8-14(18)15(20)9-12/h4-10,20H,1-3H3,(H,19,21). The average Bonchev–Trinajstić information content (AvgIpc) is 2.43. The number of aryl methyl sites for hydroxylation is 1. The average molecular weight is 395 g/mol. The largest absolute Gasteiger partial charge is 0.507 e. The van der Waals surface area contributed by atoms with Crippen LogP contribution in [0.4, 0.5) is 5.69 Å². The van der Waals surface area contributed by atoms with Gasteiger partial charge in [-0.15, -0.1) is 0 Å². The van der Waals surface area contributed by atoms with Crippen LogP contribution in [-0.4, -0.2) is 11.0 Å². The molecular formula is C17H18INO2. The predicted molar refractivity (Wildman–Crippen MR) is 94.0 cm³/mol. The van der Waals surface area contributed by atoms with Crippen LogP contribution in [0.5, 0.6) is 5.75 Å². The Bertz CT molecular complexity index is 680. The first kappa shape index (κ1) is 15.8. The molecule has 0 aliphatic heterocycles. The van der Waals surface area contributed by atoms with Crippen molar-refractivity contribution in [3.8, 4) is 5.75 Å². The van der Waals surface area contributed by atoms with Gasteiger partial charge in [-0.25, -0.2) is 0 Å². The van der Waals surface area contributed by atoms with E-state index in [1.807, 2.05) is 47.7 Å². The van der Waals surface area contributed by atoms with Crippen LogP contribution >= 0.6 is 22.6 Å². The summed E-state index contributed by atoms with van der Waals surface area (Å²) in [7, 11) is 0. The van der Waals surface area contributed by atoms with E-state index >= 15 is 0 Å². The van der Waals surface area contributed by atoms with E-state index in [1.165, 1.54) is 6.07 Å². The highest BCUT2D eigenvalue weighted by atomic mass is 127. The minimum absolute atomic E-state index is 0.122. The number of carbonyl (C=O) groups excluding carboxylic acids is 1. The second-order valence-electron chi connectivity index (χ2n) is 5.31. The molecule has 0 aromatic heterocycles. The molecule has 0 spiro atoms. The molecule has 21 heavy (non-hydrogen) atoms. The van der Waals surface area contributed by atoms with Gasteiger partial charge >= 0.3 is 0 Å². The van der Waals surface area contributed by atoms with Crippen molar-refractivity contribution < 1.29 is 9.90 Å². The normalized spacial score (nSPS) is 10.7. The van der Waals surface area contributed by atoms with Crippen molar-refractivity contribution in [2.24, 2.45) is 0 Å². The lowest BCUT2D eigenvalue weighted by atomic mass is 9.98. The Balaban J connectivity index is 2.33. The lowest BCUT2D eigenvalue weighted by Gasteiger charge is -2.16. The summed E-state index contributed by atoms with van der Waals surface area (Å²) in [6, 6.07) is 10.9. The predicted octanol–water partition coefficient (Wildman–Crippen LogP) is 4.68. The number of phenolic OH excluding ortho intramolecular Hbond substituents is 1. The van der Waals surface area contributed by atoms with Crippen molar-refractivity contribution in [1.29, 1.82) is 0 Å². The summed E-state index contributed by atoms with van der Waals surface area (Å²) >= 11 is 2.03. The van der Waals surface area contributed by atoms with Crippen LogP contribution in [0.15, 0.2) is 36.4 Å². The summed E-state index contributed by atoms with van der Waals surface area (Å²) in [5, 5.41) is 12.7. The summed E-state index contributed by atoms with van der Waals surface area (Å²) in [6.45, 7) is 6.18. The molecule has 0 bridgehead atoms. The first-order valence-corrected chi connectivity index (χ1v) is 7.87. The van der Waals surface area contributed by atoms with Gasteiger partial charge in [0.2, 0.25) is 0 Å². The van der Waals surface area contributed by atoms with Crippen LogP contribution in [0, 0.1) is 10.5 Å². The van der Waals surface area contributed by atoms with Gasteiger partial charge in [-0.2, -0.15) is 0 Å². The molecule has 2 aromatic carbocycles. The monoisotopic (exact) mass is 395 g/mol. The topological polar surface area (TPSA) is 49.3 Å². The quantitative estimate of drug-likeness (QED) is 0.742. The molecule has 0 aliphatic carbocycles. The first-order chi connectivity index (χ1) is 9.90. The van der Waals surface area contributed by atoms with Gasteiger partial charge in [0.1, 0.15) is 5.75 Å². The maximum absolute atomic E-state index is 12.4. The van der Waals surface area contributed by atoms with Gasteiger partial charge in [0, 0.05) is 11.3 Å². The van der Waals surface area contributed by atoms with E-state index in [0.717, 1.165) is 20.4 Å². The highest BCUT2D eigenvalue weighted by molar-refractivity contribution is 14.1. The first-order valence-electron chi connectivity index (χ1n) is 6.79. The Labute approximate surface area is 138 Å². The van der Waals surface area contributed by atoms with Gasteiger partial charge in [-0.05, 0) is 64.8 Å². The Hall–Kier alpha value is -1.56. The molecule has 1 amide bonds. The van der Waals surface area contributed by atoms with Crippen molar-refractivity contribution in [3.63, 3.8) is 0 Å². The fourth-order valence-electron chi connectivity index (χ4n) is 2.18. The maximum atomic E-state index is 12.4. The van der Waals surface area contributed by atoms with Crippen LogP contribution in [0.1, 0.15) is 41.3 Å². The zero-order chi connectivity index (χ0) is 15.6. The number of benzene rings is 2. The van der Waals surface area contributed by atoms with E-state index in [2.05, 4.69) is 19.2 Å². The molecule has 0 atom stereocenters. The van der Waals surface area contributed by atoms with Crippen molar-refractivity contribution >= 4 is 34.2 Å². The van der Waals surface area contributed by atoms with Crippen LogP contribution in [-0.2, 0) is 0 Å². The molecular weight excluding hydrogens is 377 g/mol. The van der Waals surface area contributed by atoms with Crippen molar-refractivity contribution in [1.82, 2.24) is 0 Å². The number of para-hydroxylation sites is 1. The molecule has 0 radical (unpaired) electrons. The molecule has 110 valence electrons. The van der Waals surface area contributed by atoms with E-state index in [9.17, 15) is 9.90 Å². The zero-order valence-electron chi connectivity index (χ0n) is 12.3. The molecule has 0 aliphatic rings. The van der Waals surface area contributed by atoms with Crippen LogP contribution in [0.25, 0.3) is 0 Å². The molecule has 0 unspecified atom stereocenters. The highest BCUT2D eigenvalue weighted by Crippen LogP contribution is 2.28. The molecule has 2 aromatic rings. The zero-order valence-corrected chi connectivity index (χ0v) is 14.4. The number of rotatable bonds is 3. The van der Waals surface area contributed by atoms with Crippen LogP contribution in [0.3, 0.4) is 0 Å². The molecule has 0 saturated carbocycles. The Kier molecular flexibility index (Phi) is 4.88. The summed E-state index contributed by atoms with van der Waals surface area (Å²) in [4.78, 5) is 12.4. The summed E-state index contributed by atoms with van der Waals surface area (Å²) in [5.74, 6) is 0.236. The number of aromatic hydroxyl groups is 1. The Morgan fingerprint density at radius 3 is 2.57 bits per heavy atom. The van der Waals surface area contributed by atoms with Gasteiger partial charge in [0.15, 0.2) is 0 Å². The Morgan fingerprint density at radius 1 is 1.24 bits per heavy atom. The van der Waals surface area contributed by atoms with Gasteiger partial charge in [-0.1, -0.05) is 32.0 Å². The molecule has 2 N–H and O–H groups in total.